The Kier molecular flexibility index (Phi) is 20.5. The summed E-state index contributed by atoms with van der Waals surface area (Å²) in [7, 11) is 0. The first kappa shape index (κ1) is 78.9. The minimum atomic E-state index is -0.231. The number of fused-ring (bicyclic) bond motifs is 9. The lowest BCUT2D eigenvalue weighted by Gasteiger charge is -2.27. The molecule has 19 aromatic carbocycles. The number of hydrogen-bond acceptors (Lipinski definition) is 6. The number of aryl methyl sites for hydroxylation is 6. The summed E-state index contributed by atoms with van der Waals surface area (Å²) < 4.78 is 0. The fraction of sp³-hybridized carbons (Fsp3) is 0.0732. The van der Waals surface area contributed by atoms with Crippen molar-refractivity contribution in [2.24, 2.45) is 0 Å². The molecule has 0 fully saturated rings. The Morgan fingerprint density at radius 3 is 0.411 bits per heavy atom. The predicted molar refractivity (Wildman–Crippen MR) is 541 cm³/mol. The van der Waals surface area contributed by atoms with E-state index in [1.165, 1.54) is 117 Å². The lowest BCUT2D eigenvalue weighted by molar-refractivity contribution is 0.935. The molecule has 0 radical (unpaired) electrons. The third kappa shape index (κ3) is 14.9. The van der Waals surface area contributed by atoms with Crippen LogP contribution in [0.25, 0.3) is 33.4 Å². The van der Waals surface area contributed by atoms with Gasteiger partial charge in [-0.15, -0.1) is 0 Å². The molecule has 0 bridgehead atoms. The van der Waals surface area contributed by atoms with Gasteiger partial charge in [0.25, 0.3) is 0 Å². The van der Waals surface area contributed by atoms with Crippen LogP contribution in [-0.4, -0.2) is 0 Å². The van der Waals surface area contributed by atoms with Gasteiger partial charge in [-0.05, 0) is 377 Å². The van der Waals surface area contributed by atoms with E-state index in [1.807, 2.05) is 0 Å². The third-order valence-electron chi connectivity index (χ3n) is 26.2. The predicted octanol–water partition coefficient (Wildman–Crippen LogP) is 33.8. The van der Waals surface area contributed by atoms with Gasteiger partial charge in [0.1, 0.15) is 0 Å². The highest BCUT2D eigenvalue weighted by atomic mass is 15.2. The summed E-state index contributed by atoms with van der Waals surface area (Å²) in [6.45, 7) is 13.2. The lowest BCUT2D eigenvalue weighted by atomic mass is 9.79. The van der Waals surface area contributed by atoms with Crippen LogP contribution in [-0.2, 0) is 0 Å². The molecule has 0 aliphatic heterocycles. The molecule has 129 heavy (non-hydrogen) atoms. The second-order valence-electron chi connectivity index (χ2n) is 34.9. The van der Waals surface area contributed by atoms with Crippen molar-refractivity contribution in [1.29, 1.82) is 0 Å². The summed E-state index contributed by atoms with van der Waals surface area (Å²) in [5, 5.41) is 0. The number of anilines is 18. The fourth-order valence-electron chi connectivity index (χ4n) is 20.5. The Labute approximate surface area is 757 Å². The number of hydrogen-bond donors (Lipinski definition) is 0. The standard InChI is InChI=1S/C123H96N6/c1-82-31-25-49-97(67-82)124(91-37-13-7-14-38-91)103-55-61-109-115(76-103)116-77-104(125(92-39-15-8-16-40-92)98-50-26-32-83(2)68-98)56-62-110(116)121(109)88-73-89(122-111-63-57-105(126(93-41-17-9-18-42-93)99-51-27-33-84(3)69-99)78-117(111)118-79-106(58-64-112(118)122)127(94-43-19-10-20-44-94)100-52-28-34-85(4)70-100)75-90(74-88)123-113-65-59-107(128(95-45-21-11-22-46-95)101-53-29-35-86(5)71-101)80-119(113)120-81-108(60-66-114(120)123)129(96-47-23-12-24-48-96)102-54-30-36-87(6)72-102/h7-81,121-123H,1-6H3. The van der Waals surface area contributed by atoms with Crippen LogP contribution in [0, 0.1) is 41.5 Å². The summed E-state index contributed by atoms with van der Waals surface area (Å²) in [5.41, 5.74) is 45.1. The lowest BCUT2D eigenvalue weighted by Crippen LogP contribution is -2.11. The Morgan fingerprint density at radius 2 is 0.264 bits per heavy atom. The zero-order valence-electron chi connectivity index (χ0n) is 73.2. The van der Waals surface area contributed by atoms with E-state index in [1.54, 1.807) is 0 Å². The highest BCUT2D eigenvalue weighted by Gasteiger charge is 2.40. The first-order chi connectivity index (χ1) is 63.4. The molecule has 0 saturated carbocycles. The summed E-state index contributed by atoms with van der Waals surface area (Å²) in [4.78, 5) is 14.6. The van der Waals surface area contributed by atoms with Gasteiger partial charge in [0, 0.05) is 120 Å². The molecule has 0 heterocycles. The summed E-state index contributed by atoms with van der Waals surface area (Å²) in [5.74, 6) is -0.694. The van der Waals surface area contributed by atoms with Gasteiger partial charge in [0.2, 0.25) is 0 Å². The average Bonchev–Trinajstić information content (AvgIpc) is 1.56. The molecule has 0 aromatic heterocycles. The molecule has 618 valence electrons. The molecular formula is C123H96N6. The Morgan fingerprint density at radius 1 is 0.124 bits per heavy atom. The molecular weight excluding hydrogens is 1560 g/mol. The van der Waals surface area contributed by atoms with Crippen molar-refractivity contribution < 1.29 is 0 Å². The maximum atomic E-state index is 2.63. The van der Waals surface area contributed by atoms with Crippen LogP contribution >= 0.6 is 0 Å². The zero-order chi connectivity index (χ0) is 86.7. The van der Waals surface area contributed by atoms with Crippen molar-refractivity contribution in [3.63, 3.8) is 0 Å². The van der Waals surface area contributed by atoms with Gasteiger partial charge in [-0.3, -0.25) is 0 Å². The number of nitrogens with zero attached hydrogens (tertiary/aromatic N) is 6. The van der Waals surface area contributed by atoms with E-state index in [0.717, 1.165) is 102 Å². The summed E-state index contributed by atoms with van der Waals surface area (Å²) >= 11 is 0. The van der Waals surface area contributed by atoms with Gasteiger partial charge in [-0.25, -0.2) is 0 Å². The van der Waals surface area contributed by atoms with E-state index in [2.05, 4.69) is 526 Å². The summed E-state index contributed by atoms with van der Waals surface area (Å²) in [6.07, 6.45) is 0. The van der Waals surface area contributed by atoms with Crippen LogP contribution in [0.4, 0.5) is 102 Å². The molecule has 0 amide bonds. The highest BCUT2D eigenvalue weighted by molar-refractivity contribution is 5.96. The molecule has 22 rings (SSSR count). The monoisotopic (exact) mass is 1660 g/mol. The molecule has 3 aliphatic rings. The van der Waals surface area contributed by atoms with E-state index in [0.29, 0.717) is 0 Å². The maximum Gasteiger partial charge on any atom is 0.0468 e. The van der Waals surface area contributed by atoms with Crippen LogP contribution < -0.4 is 29.4 Å². The van der Waals surface area contributed by atoms with Crippen LogP contribution in [0.15, 0.2) is 455 Å². The Balaban J connectivity index is 0.819. The minimum Gasteiger partial charge on any atom is -0.310 e. The molecule has 0 spiro atoms. The van der Waals surface area contributed by atoms with E-state index >= 15 is 0 Å². The fourth-order valence-corrected chi connectivity index (χ4v) is 20.5. The van der Waals surface area contributed by atoms with E-state index < -0.39 is 0 Å². The van der Waals surface area contributed by atoms with Gasteiger partial charge in [0.05, 0.1) is 0 Å². The van der Waals surface area contributed by atoms with Crippen LogP contribution in [0.5, 0.6) is 0 Å². The molecule has 3 aliphatic carbocycles. The SMILES string of the molecule is Cc1cccc(N(c2ccccc2)c2ccc3c(c2)-c2cc(N(c4ccccc4)c4cccc(C)c4)ccc2C3c2cc(C3c4ccc(N(c5ccccc5)c5cccc(C)c5)cc4-c4cc(N(c5ccccc5)c5cccc(C)c5)ccc43)cc(C3c4ccc(N(c5ccccc5)c5cccc(C)c5)cc4-c4cc(N(c5ccccc5)c5cccc(C)c5)ccc43)c2)c1. The van der Waals surface area contributed by atoms with Crippen molar-refractivity contribution in [1.82, 2.24) is 0 Å². The average molecular weight is 1660 g/mol. The molecule has 6 nitrogen and oxygen atoms in total. The smallest absolute Gasteiger partial charge is 0.0468 e. The second kappa shape index (κ2) is 33.5. The number of benzene rings is 19. The molecule has 0 unspecified atom stereocenters. The van der Waals surface area contributed by atoms with Crippen LogP contribution in [0.2, 0.25) is 0 Å². The second-order valence-corrected chi connectivity index (χ2v) is 34.9. The van der Waals surface area contributed by atoms with Crippen LogP contribution in [0.3, 0.4) is 0 Å². The minimum absolute atomic E-state index is 0.231. The topological polar surface area (TPSA) is 19.4 Å². The molecule has 0 N–H and O–H groups in total. The van der Waals surface area contributed by atoms with Crippen molar-refractivity contribution >= 4 is 102 Å². The highest BCUT2D eigenvalue weighted by Crippen LogP contribution is 2.60. The number of rotatable bonds is 21. The normalized spacial score (nSPS) is 12.3. The Hall–Kier alpha value is -16.0. The van der Waals surface area contributed by atoms with Crippen LogP contribution in [0.1, 0.15) is 101 Å². The van der Waals surface area contributed by atoms with E-state index in [9.17, 15) is 0 Å². The van der Waals surface area contributed by atoms with Gasteiger partial charge >= 0.3 is 0 Å². The van der Waals surface area contributed by atoms with Gasteiger partial charge in [0.15, 0.2) is 0 Å². The van der Waals surface area contributed by atoms with Gasteiger partial charge in [-0.2, -0.15) is 0 Å². The molecule has 6 heteroatoms. The summed E-state index contributed by atoms with van der Waals surface area (Å²) in [6, 6.07) is 171. The Bertz CT molecular complexity index is 6310. The maximum absolute atomic E-state index is 2.63. The van der Waals surface area contributed by atoms with Crippen molar-refractivity contribution in [3.05, 3.63) is 538 Å². The van der Waals surface area contributed by atoms with Crippen molar-refractivity contribution in [2.75, 3.05) is 29.4 Å². The van der Waals surface area contributed by atoms with E-state index in [-0.39, 0.29) is 17.8 Å². The van der Waals surface area contributed by atoms with E-state index in [4.69, 9.17) is 0 Å². The quantitative estimate of drug-likeness (QED) is 0.0709. The number of para-hydroxylation sites is 6. The first-order valence-electron chi connectivity index (χ1n) is 44.9. The van der Waals surface area contributed by atoms with Crippen molar-refractivity contribution in [2.45, 2.75) is 59.3 Å². The molecule has 19 aromatic rings. The van der Waals surface area contributed by atoms with Gasteiger partial charge < -0.3 is 29.4 Å². The third-order valence-corrected chi connectivity index (χ3v) is 26.2. The van der Waals surface area contributed by atoms with Gasteiger partial charge in [-0.1, -0.05) is 237 Å². The van der Waals surface area contributed by atoms with Crippen molar-refractivity contribution in [3.8, 4) is 33.4 Å². The largest absolute Gasteiger partial charge is 0.310 e. The molecule has 0 saturated heterocycles. The first-order valence-corrected chi connectivity index (χ1v) is 44.9. The zero-order valence-corrected chi connectivity index (χ0v) is 73.2. The molecule has 0 atom stereocenters.